The Morgan fingerprint density at radius 1 is 0.966 bits per heavy atom. The van der Waals surface area contributed by atoms with Crippen molar-refractivity contribution >= 4 is 23.2 Å². The SMILES string of the molecule is Cc1ccc(NC(=O)C(=O)NC[C@H](c2ccc(N(C)C)cc2)[NH+]2CCCC2)cc1. The molecule has 0 spiro atoms. The molecular formula is C23H31N4O2+. The molecule has 1 atom stereocenters. The van der Waals surface area contributed by atoms with Crippen LogP contribution in [0.3, 0.4) is 0 Å². The van der Waals surface area contributed by atoms with E-state index in [1.165, 1.54) is 23.3 Å². The van der Waals surface area contributed by atoms with E-state index in [9.17, 15) is 9.59 Å². The van der Waals surface area contributed by atoms with Crippen LogP contribution >= 0.6 is 0 Å². The lowest BCUT2D eigenvalue weighted by Gasteiger charge is -2.25. The molecule has 2 aromatic carbocycles. The van der Waals surface area contributed by atoms with Gasteiger partial charge in [-0.25, -0.2) is 0 Å². The smallest absolute Gasteiger partial charge is 0.313 e. The first-order valence-corrected chi connectivity index (χ1v) is 10.2. The summed E-state index contributed by atoms with van der Waals surface area (Å²) in [6, 6.07) is 16.0. The number of likely N-dealkylation sites (tertiary alicyclic amines) is 1. The molecule has 1 heterocycles. The fraction of sp³-hybridized carbons (Fsp3) is 0.391. The van der Waals surface area contributed by atoms with E-state index in [4.69, 9.17) is 0 Å². The monoisotopic (exact) mass is 395 g/mol. The Balaban J connectivity index is 1.63. The number of quaternary nitrogens is 1. The van der Waals surface area contributed by atoms with Crippen molar-refractivity contribution in [1.82, 2.24) is 5.32 Å². The molecule has 6 heteroatoms. The molecular weight excluding hydrogens is 364 g/mol. The van der Waals surface area contributed by atoms with E-state index < -0.39 is 11.8 Å². The molecule has 3 rings (SSSR count). The van der Waals surface area contributed by atoms with E-state index in [-0.39, 0.29) is 6.04 Å². The Bertz CT molecular complexity index is 825. The molecule has 0 aliphatic carbocycles. The number of hydrogen-bond acceptors (Lipinski definition) is 3. The van der Waals surface area contributed by atoms with Gasteiger partial charge in [-0.1, -0.05) is 29.8 Å². The summed E-state index contributed by atoms with van der Waals surface area (Å²) >= 11 is 0. The van der Waals surface area contributed by atoms with Gasteiger partial charge < -0.3 is 20.4 Å². The highest BCUT2D eigenvalue weighted by molar-refractivity contribution is 6.39. The van der Waals surface area contributed by atoms with Crippen molar-refractivity contribution in [3.8, 4) is 0 Å². The van der Waals surface area contributed by atoms with Crippen LogP contribution in [0.2, 0.25) is 0 Å². The number of rotatable bonds is 6. The minimum Gasteiger partial charge on any atom is -0.378 e. The van der Waals surface area contributed by atoms with Gasteiger partial charge in [0, 0.05) is 43.9 Å². The predicted octanol–water partition coefficient (Wildman–Crippen LogP) is 1.54. The van der Waals surface area contributed by atoms with Crippen molar-refractivity contribution in [2.75, 3.05) is 43.9 Å². The normalized spacial score (nSPS) is 15.0. The van der Waals surface area contributed by atoms with Gasteiger partial charge in [0.05, 0.1) is 19.6 Å². The first-order chi connectivity index (χ1) is 13.9. The summed E-state index contributed by atoms with van der Waals surface area (Å²) in [5.74, 6) is -1.23. The first kappa shape index (κ1) is 20.9. The number of aryl methyl sites for hydroxylation is 1. The highest BCUT2D eigenvalue weighted by atomic mass is 16.2. The second-order valence-electron chi connectivity index (χ2n) is 7.93. The van der Waals surface area contributed by atoms with E-state index in [2.05, 4.69) is 39.8 Å². The van der Waals surface area contributed by atoms with E-state index in [1.54, 1.807) is 12.1 Å². The fourth-order valence-corrected chi connectivity index (χ4v) is 3.78. The second kappa shape index (κ2) is 9.56. The number of nitrogens with zero attached hydrogens (tertiary/aromatic N) is 1. The molecule has 1 aliphatic heterocycles. The second-order valence-corrected chi connectivity index (χ2v) is 7.93. The molecule has 2 aromatic rings. The van der Waals surface area contributed by atoms with Crippen LogP contribution in [0.5, 0.6) is 0 Å². The van der Waals surface area contributed by atoms with Gasteiger partial charge >= 0.3 is 11.8 Å². The lowest BCUT2D eigenvalue weighted by atomic mass is 10.0. The summed E-state index contributed by atoms with van der Waals surface area (Å²) in [6.07, 6.45) is 2.40. The Kier molecular flexibility index (Phi) is 6.88. The van der Waals surface area contributed by atoms with Crippen molar-refractivity contribution in [1.29, 1.82) is 0 Å². The number of carbonyl (C=O) groups excluding carboxylic acids is 2. The molecule has 0 bridgehead atoms. The lowest BCUT2D eigenvalue weighted by molar-refractivity contribution is -0.918. The zero-order chi connectivity index (χ0) is 20.8. The topological polar surface area (TPSA) is 65.9 Å². The van der Waals surface area contributed by atoms with Crippen LogP contribution in [0.1, 0.15) is 30.0 Å². The Labute approximate surface area is 172 Å². The first-order valence-electron chi connectivity index (χ1n) is 10.2. The van der Waals surface area contributed by atoms with E-state index in [1.807, 2.05) is 33.2 Å². The van der Waals surface area contributed by atoms with Crippen LogP contribution < -0.4 is 20.4 Å². The van der Waals surface area contributed by atoms with Crippen LogP contribution in [0.15, 0.2) is 48.5 Å². The van der Waals surface area contributed by atoms with Crippen LogP contribution in [-0.4, -0.2) is 45.5 Å². The summed E-state index contributed by atoms with van der Waals surface area (Å²) in [5, 5.41) is 5.50. The zero-order valence-electron chi connectivity index (χ0n) is 17.5. The van der Waals surface area contributed by atoms with Gasteiger partial charge in [-0.3, -0.25) is 9.59 Å². The van der Waals surface area contributed by atoms with Crippen molar-refractivity contribution in [2.24, 2.45) is 0 Å². The molecule has 154 valence electrons. The molecule has 6 nitrogen and oxygen atoms in total. The number of nitrogens with one attached hydrogen (secondary N) is 3. The Hall–Kier alpha value is -2.86. The quantitative estimate of drug-likeness (QED) is 0.650. The largest absolute Gasteiger partial charge is 0.378 e. The molecule has 3 N–H and O–H groups in total. The van der Waals surface area contributed by atoms with Gasteiger partial charge in [-0.05, 0) is 31.2 Å². The maximum Gasteiger partial charge on any atom is 0.313 e. The van der Waals surface area contributed by atoms with Gasteiger partial charge in [-0.2, -0.15) is 0 Å². The fourth-order valence-electron chi connectivity index (χ4n) is 3.78. The average Bonchev–Trinajstić information content (AvgIpc) is 3.24. The third-order valence-corrected chi connectivity index (χ3v) is 5.53. The number of benzene rings is 2. The van der Waals surface area contributed by atoms with Gasteiger partial charge in [-0.15, -0.1) is 0 Å². The highest BCUT2D eigenvalue weighted by Gasteiger charge is 2.28. The summed E-state index contributed by atoms with van der Waals surface area (Å²) < 4.78 is 0. The lowest BCUT2D eigenvalue weighted by Crippen LogP contribution is -3.11. The van der Waals surface area contributed by atoms with Gasteiger partial charge in [0.15, 0.2) is 0 Å². The van der Waals surface area contributed by atoms with Crippen LogP contribution in [0.25, 0.3) is 0 Å². The number of anilines is 2. The maximum absolute atomic E-state index is 12.4. The summed E-state index contributed by atoms with van der Waals surface area (Å²) in [7, 11) is 4.04. The number of carbonyl (C=O) groups is 2. The summed E-state index contributed by atoms with van der Waals surface area (Å²) in [5.41, 5.74) is 4.05. The van der Waals surface area contributed by atoms with Gasteiger partial charge in [0.2, 0.25) is 0 Å². The van der Waals surface area contributed by atoms with Crippen molar-refractivity contribution in [2.45, 2.75) is 25.8 Å². The van der Waals surface area contributed by atoms with Crippen molar-refractivity contribution in [3.05, 3.63) is 59.7 Å². The molecule has 29 heavy (non-hydrogen) atoms. The molecule has 0 radical (unpaired) electrons. The minimum absolute atomic E-state index is 0.143. The standard InChI is InChI=1S/C23H30N4O2/c1-17-6-10-19(11-7-17)25-23(29)22(28)24-16-21(27-14-4-5-15-27)18-8-12-20(13-9-18)26(2)3/h6-13,21H,4-5,14-16H2,1-3H3,(H,24,28)(H,25,29)/p+1/t21-/m1/s1. The molecule has 0 saturated carbocycles. The zero-order valence-corrected chi connectivity index (χ0v) is 17.5. The molecule has 1 fully saturated rings. The van der Waals surface area contributed by atoms with Gasteiger partial charge in [0.25, 0.3) is 0 Å². The Morgan fingerprint density at radius 3 is 2.17 bits per heavy atom. The summed E-state index contributed by atoms with van der Waals surface area (Å²) in [6.45, 7) is 4.60. The molecule has 1 saturated heterocycles. The van der Waals surface area contributed by atoms with Crippen LogP contribution in [0, 0.1) is 6.92 Å². The van der Waals surface area contributed by atoms with Crippen LogP contribution in [-0.2, 0) is 9.59 Å². The Morgan fingerprint density at radius 2 is 1.59 bits per heavy atom. The molecule has 0 unspecified atom stereocenters. The third kappa shape index (κ3) is 5.57. The minimum atomic E-state index is -0.632. The van der Waals surface area contributed by atoms with Gasteiger partial charge in [0.1, 0.15) is 6.04 Å². The van der Waals surface area contributed by atoms with Crippen LogP contribution in [0.4, 0.5) is 11.4 Å². The number of amides is 2. The summed E-state index contributed by atoms with van der Waals surface area (Å²) in [4.78, 5) is 28.1. The van der Waals surface area contributed by atoms with E-state index in [0.717, 1.165) is 24.3 Å². The number of hydrogen-bond donors (Lipinski definition) is 3. The average molecular weight is 396 g/mol. The molecule has 1 aliphatic rings. The van der Waals surface area contributed by atoms with Crippen molar-refractivity contribution < 1.29 is 14.5 Å². The highest BCUT2D eigenvalue weighted by Crippen LogP contribution is 2.17. The van der Waals surface area contributed by atoms with Crippen molar-refractivity contribution in [3.63, 3.8) is 0 Å². The third-order valence-electron chi connectivity index (χ3n) is 5.53. The predicted molar refractivity (Wildman–Crippen MR) is 116 cm³/mol. The van der Waals surface area contributed by atoms with E-state index in [0.29, 0.717) is 12.2 Å². The molecule has 2 amide bonds. The maximum atomic E-state index is 12.4. The van der Waals surface area contributed by atoms with E-state index >= 15 is 0 Å². The molecule has 0 aromatic heterocycles.